The molecule has 0 aromatic heterocycles. The van der Waals surface area contributed by atoms with E-state index in [4.69, 9.17) is 23.2 Å². The van der Waals surface area contributed by atoms with Gasteiger partial charge in [-0.3, -0.25) is 0 Å². The van der Waals surface area contributed by atoms with Crippen LogP contribution in [-0.2, 0) is 0 Å². The van der Waals surface area contributed by atoms with Crippen LogP contribution in [0.3, 0.4) is 0 Å². The van der Waals surface area contributed by atoms with Crippen molar-refractivity contribution in [3.8, 4) is 0 Å². The maximum absolute atomic E-state index is 6.35. The Morgan fingerprint density at radius 1 is 1.10 bits per heavy atom. The first-order valence-electron chi connectivity index (χ1n) is 6.87. The van der Waals surface area contributed by atoms with Crippen molar-refractivity contribution >= 4 is 28.9 Å². The van der Waals surface area contributed by atoms with Crippen LogP contribution in [0.15, 0.2) is 54.7 Å². The van der Waals surface area contributed by atoms with E-state index in [1.165, 1.54) is 11.3 Å². The van der Waals surface area contributed by atoms with Crippen LogP contribution in [0.25, 0.3) is 5.70 Å². The Labute approximate surface area is 135 Å². The van der Waals surface area contributed by atoms with Crippen LogP contribution in [-0.4, -0.2) is 11.6 Å². The molecular formula is C17H16Cl2N2. The average molecular weight is 319 g/mol. The number of nitrogens with one attached hydrogen (secondary N) is 1. The van der Waals surface area contributed by atoms with Gasteiger partial charge < -0.3 is 10.2 Å². The van der Waals surface area contributed by atoms with Gasteiger partial charge in [0.1, 0.15) is 0 Å². The highest BCUT2D eigenvalue weighted by Gasteiger charge is 2.24. The van der Waals surface area contributed by atoms with Crippen molar-refractivity contribution in [1.82, 2.24) is 10.2 Å². The minimum absolute atomic E-state index is 0.163. The molecule has 2 aromatic rings. The summed E-state index contributed by atoms with van der Waals surface area (Å²) in [5.74, 6) is 0. The van der Waals surface area contributed by atoms with E-state index in [9.17, 15) is 0 Å². The zero-order chi connectivity index (χ0) is 14.8. The fourth-order valence-electron chi connectivity index (χ4n) is 2.62. The molecule has 2 aromatic carbocycles. The standard InChI is InChI=1S/C17H16Cl2N2/c1-12(15-8-7-14(18)9-16(15)19)21-11-20-10-17(21)13-5-3-2-4-6-13/h2-10,12,20H,11H2,1H3. The summed E-state index contributed by atoms with van der Waals surface area (Å²) in [7, 11) is 0. The molecule has 0 saturated carbocycles. The van der Waals surface area contributed by atoms with Crippen LogP contribution in [0.2, 0.25) is 10.0 Å². The number of hydrogen-bond donors (Lipinski definition) is 1. The van der Waals surface area contributed by atoms with Gasteiger partial charge in [-0.25, -0.2) is 0 Å². The highest BCUT2D eigenvalue weighted by atomic mass is 35.5. The van der Waals surface area contributed by atoms with E-state index in [2.05, 4.69) is 35.5 Å². The Morgan fingerprint density at radius 3 is 2.57 bits per heavy atom. The summed E-state index contributed by atoms with van der Waals surface area (Å²) in [5, 5.41) is 4.66. The van der Waals surface area contributed by atoms with Crippen LogP contribution in [0.5, 0.6) is 0 Å². The van der Waals surface area contributed by atoms with Crippen LogP contribution in [0, 0.1) is 0 Å². The van der Waals surface area contributed by atoms with E-state index in [0.29, 0.717) is 10.0 Å². The summed E-state index contributed by atoms with van der Waals surface area (Å²) < 4.78 is 0. The lowest BCUT2D eigenvalue weighted by Crippen LogP contribution is -2.26. The molecule has 0 spiro atoms. The van der Waals surface area contributed by atoms with E-state index in [1.54, 1.807) is 6.07 Å². The quantitative estimate of drug-likeness (QED) is 0.864. The second kappa shape index (κ2) is 6.00. The SMILES string of the molecule is CC(c1ccc(Cl)cc1Cl)N1CNC=C1c1ccccc1. The van der Waals surface area contributed by atoms with Gasteiger partial charge in [-0.2, -0.15) is 0 Å². The lowest BCUT2D eigenvalue weighted by atomic mass is 10.0. The summed E-state index contributed by atoms with van der Waals surface area (Å²) in [6.45, 7) is 2.92. The van der Waals surface area contributed by atoms with Crippen molar-refractivity contribution in [1.29, 1.82) is 0 Å². The molecule has 0 amide bonds. The van der Waals surface area contributed by atoms with Crippen molar-refractivity contribution < 1.29 is 0 Å². The van der Waals surface area contributed by atoms with E-state index in [-0.39, 0.29) is 6.04 Å². The smallest absolute Gasteiger partial charge is 0.0879 e. The number of halogens is 2. The molecule has 21 heavy (non-hydrogen) atoms. The van der Waals surface area contributed by atoms with E-state index >= 15 is 0 Å². The van der Waals surface area contributed by atoms with Crippen LogP contribution in [0.1, 0.15) is 24.1 Å². The number of rotatable bonds is 3. The Morgan fingerprint density at radius 2 is 1.86 bits per heavy atom. The summed E-state index contributed by atoms with van der Waals surface area (Å²) in [4.78, 5) is 2.30. The molecule has 0 aliphatic carbocycles. The molecule has 0 radical (unpaired) electrons. The Kier molecular flexibility index (Phi) is 4.09. The first-order chi connectivity index (χ1) is 10.2. The first-order valence-corrected chi connectivity index (χ1v) is 7.63. The molecule has 0 bridgehead atoms. The zero-order valence-corrected chi connectivity index (χ0v) is 13.2. The minimum Gasteiger partial charge on any atom is -0.372 e. The molecular weight excluding hydrogens is 303 g/mol. The summed E-state index contributed by atoms with van der Waals surface area (Å²) >= 11 is 12.3. The maximum Gasteiger partial charge on any atom is 0.0879 e. The third-order valence-corrected chi connectivity index (χ3v) is 4.32. The lowest BCUT2D eigenvalue weighted by Gasteiger charge is -2.29. The van der Waals surface area contributed by atoms with Crippen LogP contribution < -0.4 is 5.32 Å². The molecule has 0 saturated heterocycles. The van der Waals surface area contributed by atoms with Gasteiger partial charge in [0.2, 0.25) is 0 Å². The fraction of sp³-hybridized carbons (Fsp3) is 0.176. The minimum atomic E-state index is 0.163. The second-order valence-electron chi connectivity index (χ2n) is 5.07. The van der Waals surface area contributed by atoms with E-state index < -0.39 is 0 Å². The molecule has 1 heterocycles. The molecule has 108 valence electrons. The molecule has 0 fully saturated rings. The van der Waals surface area contributed by atoms with Crippen molar-refractivity contribution in [3.05, 3.63) is 75.9 Å². The summed E-state index contributed by atoms with van der Waals surface area (Å²) in [6.07, 6.45) is 2.05. The third-order valence-electron chi connectivity index (χ3n) is 3.76. The van der Waals surface area contributed by atoms with Crippen molar-refractivity contribution in [2.24, 2.45) is 0 Å². The highest BCUT2D eigenvalue weighted by molar-refractivity contribution is 6.35. The van der Waals surface area contributed by atoms with Gasteiger partial charge in [0.25, 0.3) is 0 Å². The highest BCUT2D eigenvalue weighted by Crippen LogP contribution is 2.35. The van der Waals surface area contributed by atoms with E-state index in [0.717, 1.165) is 12.2 Å². The van der Waals surface area contributed by atoms with Gasteiger partial charge in [-0.15, -0.1) is 0 Å². The van der Waals surface area contributed by atoms with Gasteiger partial charge in [-0.05, 0) is 30.2 Å². The molecule has 1 unspecified atom stereocenters. The number of benzene rings is 2. The predicted octanol–water partition coefficient (Wildman–Crippen LogP) is 4.92. The monoisotopic (exact) mass is 318 g/mol. The van der Waals surface area contributed by atoms with Crippen molar-refractivity contribution in [3.63, 3.8) is 0 Å². The fourth-order valence-corrected chi connectivity index (χ4v) is 3.19. The van der Waals surface area contributed by atoms with E-state index in [1.807, 2.05) is 30.3 Å². The Balaban J connectivity index is 1.91. The molecule has 4 heteroatoms. The molecule has 2 nitrogen and oxygen atoms in total. The third kappa shape index (κ3) is 2.87. The number of nitrogens with zero attached hydrogens (tertiary/aromatic N) is 1. The zero-order valence-electron chi connectivity index (χ0n) is 11.7. The van der Waals surface area contributed by atoms with Crippen molar-refractivity contribution in [2.75, 3.05) is 6.67 Å². The molecule has 3 rings (SSSR count). The largest absolute Gasteiger partial charge is 0.372 e. The Bertz CT molecular complexity index is 668. The Hall–Kier alpha value is -1.64. The molecule has 1 aliphatic rings. The summed E-state index contributed by atoms with van der Waals surface area (Å²) in [5.41, 5.74) is 3.44. The lowest BCUT2D eigenvalue weighted by molar-refractivity contribution is 0.328. The van der Waals surface area contributed by atoms with Gasteiger partial charge in [0.05, 0.1) is 18.4 Å². The first kappa shape index (κ1) is 14.3. The topological polar surface area (TPSA) is 15.3 Å². The predicted molar refractivity (Wildman–Crippen MR) is 89.1 cm³/mol. The normalized spacial score (nSPS) is 15.6. The van der Waals surface area contributed by atoms with Crippen LogP contribution in [0.4, 0.5) is 0 Å². The number of hydrogen-bond acceptors (Lipinski definition) is 2. The summed E-state index contributed by atoms with van der Waals surface area (Å²) in [6, 6.07) is 16.2. The van der Waals surface area contributed by atoms with Crippen molar-refractivity contribution in [2.45, 2.75) is 13.0 Å². The average Bonchev–Trinajstić information content (AvgIpc) is 2.97. The van der Waals surface area contributed by atoms with Gasteiger partial charge in [0.15, 0.2) is 0 Å². The molecule has 1 aliphatic heterocycles. The second-order valence-corrected chi connectivity index (χ2v) is 5.91. The molecule has 1 atom stereocenters. The van der Waals surface area contributed by atoms with Gasteiger partial charge in [-0.1, -0.05) is 59.6 Å². The maximum atomic E-state index is 6.35. The van der Waals surface area contributed by atoms with Crippen LogP contribution >= 0.6 is 23.2 Å². The molecule has 1 N–H and O–H groups in total. The van der Waals surface area contributed by atoms with Gasteiger partial charge in [0, 0.05) is 16.2 Å². The van der Waals surface area contributed by atoms with Gasteiger partial charge >= 0.3 is 0 Å².